The van der Waals surface area contributed by atoms with E-state index in [0.29, 0.717) is 38.6 Å². The molecule has 0 fully saturated rings. The molecule has 8 nitrogen and oxygen atoms in total. The van der Waals surface area contributed by atoms with Crippen LogP contribution in [0.25, 0.3) is 10.8 Å². The first-order valence-electron chi connectivity index (χ1n) is 13.8. The summed E-state index contributed by atoms with van der Waals surface area (Å²) in [4.78, 5) is 29.1. The van der Waals surface area contributed by atoms with E-state index in [0.717, 1.165) is 10.9 Å². The van der Waals surface area contributed by atoms with Crippen LogP contribution in [0.5, 0.6) is 11.5 Å². The van der Waals surface area contributed by atoms with Crippen molar-refractivity contribution in [2.24, 2.45) is 0 Å². The third-order valence-electron chi connectivity index (χ3n) is 6.97. The number of aliphatic hydroxyl groups excluding tert-OH is 1. The summed E-state index contributed by atoms with van der Waals surface area (Å²) >= 11 is 3.98. The van der Waals surface area contributed by atoms with Gasteiger partial charge in [-0.2, -0.15) is 0 Å². The summed E-state index contributed by atoms with van der Waals surface area (Å²) < 4.78 is 12.3. The van der Waals surface area contributed by atoms with Crippen molar-refractivity contribution < 1.29 is 24.2 Å². The maximum Gasteiger partial charge on any atom is 0.296 e. The number of aliphatic hydroxyl groups is 1. The third-order valence-corrected chi connectivity index (χ3v) is 9.94. The maximum atomic E-state index is 13.7. The van der Waals surface area contributed by atoms with Gasteiger partial charge in [0.25, 0.3) is 5.91 Å². The van der Waals surface area contributed by atoms with Gasteiger partial charge < -0.3 is 14.6 Å². The quantitative estimate of drug-likeness (QED) is 0.0638. The molecule has 1 amide bonds. The first-order chi connectivity index (χ1) is 21.5. The third kappa shape index (κ3) is 5.73. The molecule has 222 valence electrons. The molecule has 44 heavy (non-hydrogen) atoms. The Kier molecular flexibility index (Phi) is 8.78. The number of anilines is 1. The van der Waals surface area contributed by atoms with Crippen LogP contribution in [0.4, 0.5) is 5.13 Å². The molecule has 11 heteroatoms. The van der Waals surface area contributed by atoms with Crippen LogP contribution in [0.3, 0.4) is 0 Å². The van der Waals surface area contributed by atoms with Crippen LogP contribution in [-0.4, -0.2) is 40.2 Å². The summed E-state index contributed by atoms with van der Waals surface area (Å²) in [6, 6.07) is 22.1. The lowest BCUT2D eigenvalue weighted by Gasteiger charge is -2.25. The van der Waals surface area contributed by atoms with Crippen LogP contribution >= 0.6 is 34.4 Å². The van der Waals surface area contributed by atoms with E-state index in [2.05, 4.69) is 41.0 Å². The normalized spacial score (nSPS) is 14.8. The Hall–Kier alpha value is -4.45. The fourth-order valence-corrected chi connectivity index (χ4v) is 7.59. The number of hydrogen-bond donors (Lipinski definition) is 1. The zero-order valence-corrected chi connectivity index (χ0v) is 26.1. The van der Waals surface area contributed by atoms with Crippen molar-refractivity contribution in [1.29, 1.82) is 0 Å². The zero-order valence-electron chi connectivity index (χ0n) is 23.6. The molecule has 6 rings (SSSR count). The molecular weight excluding hydrogens is 615 g/mol. The van der Waals surface area contributed by atoms with Crippen molar-refractivity contribution in [3.63, 3.8) is 0 Å². The zero-order chi connectivity index (χ0) is 30.6. The molecular formula is C33H27N3O5S3. The molecule has 0 saturated heterocycles. The van der Waals surface area contributed by atoms with Crippen LogP contribution in [0.15, 0.2) is 107 Å². The van der Waals surface area contributed by atoms with Gasteiger partial charge in [-0.15, -0.1) is 21.5 Å². The second kappa shape index (κ2) is 13.0. The van der Waals surface area contributed by atoms with E-state index in [9.17, 15) is 14.7 Å². The molecule has 1 unspecified atom stereocenters. The standard InChI is InChI=1S/C33H27N3O5S3/c1-3-16-41-24-15-14-21(18-25(24)40-4-2)28-27(29(37)26-13-8-17-42-26)30(38)31(39)36(28)32-34-35-33(44-32)43-19-22-11-7-10-20-9-5-6-12-23(20)22/h3,5-15,17-18,28,38H,1,4,16,19H2,2H3. The highest BCUT2D eigenvalue weighted by atomic mass is 32.2. The molecule has 1 N–H and O–H groups in total. The van der Waals surface area contributed by atoms with Crippen LogP contribution in [0.2, 0.25) is 0 Å². The number of thioether (sulfide) groups is 1. The number of thiophene rings is 1. The number of benzene rings is 3. The van der Waals surface area contributed by atoms with E-state index >= 15 is 0 Å². The highest BCUT2D eigenvalue weighted by Crippen LogP contribution is 2.46. The predicted molar refractivity (Wildman–Crippen MR) is 175 cm³/mol. The van der Waals surface area contributed by atoms with Gasteiger partial charge in [-0.25, -0.2) is 0 Å². The summed E-state index contributed by atoms with van der Waals surface area (Å²) in [5.41, 5.74) is 1.68. The number of ether oxygens (including phenoxy) is 2. The largest absolute Gasteiger partial charge is 0.503 e. The van der Waals surface area contributed by atoms with Crippen molar-refractivity contribution in [2.45, 2.75) is 23.1 Å². The van der Waals surface area contributed by atoms with Crippen molar-refractivity contribution in [1.82, 2.24) is 10.2 Å². The number of rotatable bonds is 12. The average Bonchev–Trinajstić information content (AvgIpc) is 3.80. The Morgan fingerprint density at radius 3 is 2.70 bits per heavy atom. The fourth-order valence-electron chi connectivity index (χ4n) is 5.04. The van der Waals surface area contributed by atoms with Crippen LogP contribution in [0, 0.1) is 0 Å². The van der Waals surface area contributed by atoms with Gasteiger partial charge in [0.05, 0.1) is 23.1 Å². The highest BCUT2D eigenvalue weighted by Gasteiger charge is 2.46. The van der Waals surface area contributed by atoms with Crippen molar-refractivity contribution >= 4 is 62.0 Å². The van der Waals surface area contributed by atoms with Gasteiger partial charge in [-0.05, 0) is 52.4 Å². The van der Waals surface area contributed by atoms with Gasteiger partial charge in [0, 0.05) is 5.75 Å². The Morgan fingerprint density at radius 1 is 1.07 bits per heavy atom. The number of carbonyl (C=O) groups excluding carboxylic acids is 2. The molecule has 5 aromatic rings. The first kappa shape index (κ1) is 29.6. The van der Waals surface area contributed by atoms with Crippen LogP contribution in [0.1, 0.15) is 33.8 Å². The monoisotopic (exact) mass is 641 g/mol. The lowest BCUT2D eigenvalue weighted by molar-refractivity contribution is -0.117. The molecule has 3 heterocycles. The smallest absolute Gasteiger partial charge is 0.296 e. The number of carbonyl (C=O) groups is 2. The van der Waals surface area contributed by atoms with Crippen molar-refractivity contribution in [2.75, 3.05) is 18.1 Å². The highest BCUT2D eigenvalue weighted by molar-refractivity contribution is 8.00. The number of fused-ring (bicyclic) bond motifs is 1. The first-order valence-corrected chi connectivity index (χ1v) is 16.5. The van der Waals surface area contributed by atoms with E-state index < -0.39 is 23.5 Å². The molecule has 0 bridgehead atoms. The predicted octanol–water partition coefficient (Wildman–Crippen LogP) is 7.79. The number of aromatic nitrogens is 2. The van der Waals surface area contributed by atoms with Crippen LogP contribution < -0.4 is 14.4 Å². The van der Waals surface area contributed by atoms with Crippen molar-refractivity contribution in [3.05, 3.63) is 118 Å². The van der Waals surface area contributed by atoms with Gasteiger partial charge >= 0.3 is 0 Å². The van der Waals surface area contributed by atoms with Crippen molar-refractivity contribution in [3.8, 4) is 11.5 Å². The molecule has 1 aliphatic rings. The second-order valence-electron chi connectivity index (χ2n) is 9.66. The minimum Gasteiger partial charge on any atom is -0.503 e. The number of nitrogens with zero attached hydrogens (tertiary/aromatic N) is 3. The number of Topliss-reactive ketones (excluding diaryl/α,β-unsaturated/α-hetero) is 1. The van der Waals surface area contributed by atoms with Gasteiger partial charge in [0.1, 0.15) is 6.61 Å². The Morgan fingerprint density at radius 2 is 1.91 bits per heavy atom. The molecule has 3 aromatic carbocycles. The van der Waals surface area contributed by atoms with Gasteiger partial charge in [0.15, 0.2) is 21.6 Å². The molecule has 0 aliphatic carbocycles. The summed E-state index contributed by atoms with van der Waals surface area (Å²) in [6.07, 6.45) is 1.63. The van der Waals surface area contributed by atoms with E-state index in [1.54, 1.807) is 41.8 Å². The SMILES string of the molecule is C=CCOc1ccc(C2C(C(=O)c3cccs3)=C(O)C(=O)N2c2nnc(SCc3cccc4ccccc34)s2)cc1OCC. The minimum atomic E-state index is -0.964. The molecule has 0 saturated carbocycles. The Labute approximate surface area is 266 Å². The lowest BCUT2D eigenvalue weighted by atomic mass is 9.95. The fraction of sp³-hybridized carbons (Fsp3) is 0.152. The maximum absolute atomic E-state index is 13.7. The topological polar surface area (TPSA) is 102 Å². The minimum absolute atomic E-state index is 0.0279. The second-order valence-corrected chi connectivity index (χ2v) is 12.8. The van der Waals surface area contributed by atoms with E-state index in [1.807, 2.05) is 25.1 Å². The van der Waals surface area contributed by atoms with Gasteiger partial charge in [-0.1, -0.05) is 90.4 Å². The summed E-state index contributed by atoms with van der Waals surface area (Å²) in [5.74, 6) is -0.174. The van der Waals surface area contributed by atoms with E-state index in [4.69, 9.17) is 9.47 Å². The number of ketones is 1. The van der Waals surface area contributed by atoms with E-state index in [1.165, 1.54) is 44.7 Å². The summed E-state index contributed by atoms with van der Waals surface area (Å²) in [6.45, 7) is 6.20. The van der Waals surface area contributed by atoms with Crippen LogP contribution in [-0.2, 0) is 10.5 Å². The average molecular weight is 642 g/mol. The summed E-state index contributed by atoms with van der Waals surface area (Å²) in [5, 5.41) is 24.2. The Bertz CT molecular complexity index is 1880. The van der Waals surface area contributed by atoms with Gasteiger partial charge in [-0.3, -0.25) is 14.5 Å². The summed E-state index contributed by atoms with van der Waals surface area (Å²) in [7, 11) is 0. The number of amides is 1. The Balaban J connectivity index is 1.36. The molecule has 1 aliphatic heterocycles. The molecule has 2 aromatic heterocycles. The number of hydrogen-bond acceptors (Lipinski definition) is 10. The lowest BCUT2D eigenvalue weighted by Crippen LogP contribution is -2.31. The molecule has 0 spiro atoms. The molecule has 0 radical (unpaired) electrons. The van der Waals surface area contributed by atoms with Gasteiger partial charge in [0.2, 0.25) is 10.9 Å². The van der Waals surface area contributed by atoms with E-state index in [-0.39, 0.29) is 17.3 Å². The molecule has 1 atom stereocenters.